The van der Waals surface area contributed by atoms with Crippen molar-refractivity contribution in [2.45, 2.75) is 6.61 Å². The molecule has 0 bridgehead atoms. The van der Waals surface area contributed by atoms with Crippen molar-refractivity contribution in [3.05, 3.63) is 99.4 Å². The van der Waals surface area contributed by atoms with Crippen molar-refractivity contribution in [1.82, 2.24) is 4.90 Å². The van der Waals surface area contributed by atoms with Crippen LogP contribution in [0.4, 0.5) is 4.79 Å². The number of carbonyl (C=O) groups is 3. The second kappa shape index (κ2) is 10.6. The highest BCUT2D eigenvalue weighted by atomic mass is 35.5. The molecule has 3 aromatic rings. The van der Waals surface area contributed by atoms with Gasteiger partial charge in [0.2, 0.25) is 0 Å². The van der Waals surface area contributed by atoms with Crippen molar-refractivity contribution in [2.24, 2.45) is 0 Å². The molecule has 0 N–H and O–H groups in total. The van der Waals surface area contributed by atoms with Gasteiger partial charge in [0.1, 0.15) is 6.61 Å². The minimum atomic E-state index is -0.513. The molecule has 1 heterocycles. The van der Waals surface area contributed by atoms with Gasteiger partial charge in [-0.25, -0.2) is 0 Å². The van der Waals surface area contributed by atoms with Crippen LogP contribution >= 0.6 is 23.4 Å². The Morgan fingerprint density at radius 1 is 1.00 bits per heavy atom. The first-order valence-electron chi connectivity index (χ1n) is 10.3. The molecule has 1 fully saturated rings. The zero-order valence-electron chi connectivity index (χ0n) is 18.2. The minimum absolute atomic E-state index is 0.230. The number of amides is 2. The summed E-state index contributed by atoms with van der Waals surface area (Å²) in [4.78, 5) is 38.9. The molecule has 2 amide bonds. The molecule has 1 aliphatic rings. The van der Waals surface area contributed by atoms with E-state index in [1.54, 1.807) is 48.5 Å². The zero-order valence-corrected chi connectivity index (χ0v) is 19.8. The molecular weight excluding hydrogens is 474 g/mol. The number of methoxy groups -OCH3 is 1. The first-order chi connectivity index (χ1) is 16.4. The Morgan fingerprint density at radius 3 is 2.44 bits per heavy atom. The average Bonchev–Trinajstić information content (AvgIpc) is 3.11. The normalized spacial score (nSPS) is 14.5. The van der Waals surface area contributed by atoms with E-state index in [2.05, 4.69) is 0 Å². The van der Waals surface area contributed by atoms with Crippen molar-refractivity contribution < 1.29 is 23.9 Å². The standard InChI is InChI=1S/C26H20ClNO5S/c1-32-23-13-18(7-12-22(23)33-16-17-5-3-2-4-6-17)14-24-25(30)28(26(31)34-24)15-21(29)19-8-10-20(27)11-9-19/h2-14H,15-16H2,1H3. The largest absolute Gasteiger partial charge is 0.493 e. The van der Waals surface area contributed by atoms with Gasteiger partial charge < -0.3 is 9.47 Å². The predicted molar refractivity (Wildman–Crippen MR) is 132 cm³/mol. The van der Waals surface area contributed by atoms with Crippen molar-refractivity contribution >= 4 is 46.4 Å². The average molecular weight is 494 g/mol. The van der Waals surface area contributed by atoms with Crippen LogP contribution in [0.5, 0.6) is 11.5 Å². The van der Waals surface area contributed by atoms with Crippen molar-refractivity contribution in [3.8, 4) is 11.5 Å². The van der Waals surface area contributed by atoms with Crippen LogP contribution in [0.25, 0.3) is 6.08 Å². The van der Waals surface area contributed by atoms with Gasteiger partial charge >= 0.3 is 0 Å². The third kappa shape index (κ3) is 5.50. The maximum atomic E-state index is 12.8. The van der Waals surface area contributed by atoms with Crippen LogP contribution in [-0.2, 0) is 11.4 Å². The van der Waals surface area contributed by atoms with Gasteiger partial charge in [0, 0.05) is 10.6 Å². The molecule has 8 heteroatoms. The topological polar surface area (TPSA) is 72.9 Å². The molecule has 34 heavy (non-hydrogen) atoms. The number of rotatable bonds is 8. The number of nitrogens with zero attached hydrogens (tertiary/aromatic N) is 1. The predicted octanol–water partition coefficient (Wildman–Crippen LogP) is 5.85. The van der Waals surface area contributed by atoms with E-state index < -0.39 is 11.1 Å². The van der Waals surface area contributed by atoms with E-state index in [-0.39, 0.29) is 17.2 Å². The first kappa shape index (κ1) is 23.6. The van der Waals surface area contributed by atoms with Gasteiger partial charge in [-0.1, -0.05) is 48.0 Å². The van der Waals surface area contributed by atoms with Crippen LogP contribution in [0.15, 0.2) is 77.7 Å². The third-order valence-corrected chi connectivity index (χ3v) is 6.22. The second-order valence-electron chi connectivity index (χ2n) is 7.38. The molecule has 0 atom stereocenters. The Kier molecular flexibility index (Phi) is 7.35. The van der Waals surface area contributed by atoms with Gasteiger partial charge in [-0.3, -0.25) is 19.3 Å². The molecule has 0 unspecified atom stereocenters. The van der Waals surface area contributed by atoms with Crippen LogP contribution in [-0.4, -0.2) is 35.5 Å². The van der Waals surface area contributed by atoms with Gasteiger partial charge in [-0.2, -0.15) is 0 Å². The Hall–Kier alpha value is -3.55. The third-order valence-electron chi connectivity index (χ3n) is 5.06. The maximum absolute atomic E-state index is 12.8. The molecule has 172 valence electrons. The zero-order chi connectivity index (χ0) is 24.1. The van der Waals surface area contributed by atoms with Crippen molar-refractivity contribution in [3.63, 3.8) is 0 Å². The summed E-state index contributed by atoms with van der Waals surface area (Å²) in [6.07, 6.45) is 1.60. The van der Waals surface area contributed by atoms with Crippen LogP contribution in [0.1, 0.15) is 21.5 Å². The second-order valence-corrected chi connectivity index (χ2v) is 8.81. The highest BCUT2D eigenvalue weighted by molar-refractivity contribution is 8.18. The maximum Gasteiger partial charge on any atom is 0.293 e. The van der Waals surface area contributed by atoms with E-state index in [1.807, 2.05) is 30.3 Å². The number of carbonyl (C=O) groups excluding carboxylic acids is 3. The smallest absolute Gasteiger partial charge is 0.293 e. The van der Waals surface area contributed by atoms with E-state index in [1.165, 1.54) is 7.11 Å². The summed E-state index contributed by atoms with van der Waals surface area (Å²) >= 11 is 6.64. The van der Waals surface area contributed by atoms with E-state index in [4.69, 9.17) is 21.1 Å². The number of benzene rings is 3. The molecule has 0 saturated carbocycles. The lowest BCUT2D eigenvalue weighted by atomic mass is 10.1. The highest BCUT2D eigenvalue weighted by Crippen LogP contribution is 2.35. The summed E-state index contributed by atoms with van der Waals surface area (Å²) in [5.74, 6) is 0.203. The number of Topliss-reactive ketones (excluding diaryl/α,β-unsaturated/α-hetero) is 1. The molecule has 0 spiro atoms. The van der Waals surface area contributed by atoms with Gasteiger partial charge in [-0.05, 0) is 65.4 Å². The van der Waals surface area contributed by atoms with Crippen LogP contribution in [0, 0.1) is 0 Å². The lowest BCUT2D eigenvalue weighted by molar-refractivity contribution is -0.122. The van der Waals surface area contributed by atoms with E-state index in [9.17, 15) is 14.4 Å². The lowest BCUT2D eigenvalue weighted by Gasteiger charge is -2.12. The Balaban J connectivity index is 1.46. The quantitative estimate of drug-likeness (QED) is 0.289. The number of hydrogen-bond acceptors (Lipinski definition) is 6. The van der Waals surface area contributed by atoms with Gasteiger partial charge in [-0.15, -0.1) is 0 Å². The lowest BCUT2D eigenvalue weighted by Crippen LogP contribution is -2.33. The molecular formula is C26H20ClNO5S. The van der Waals surface area contributed by atoms with Gasteiger partial charge in [0.25, 0.3) is 11.1 Å². The Morgan fingerprint density at radius 2 is 1.74 bits per heavy atom. The number of hydrogen-bond donors (Lipinski definition) is 0. The fourth-order valence-electron chi connectivity index (χ4n) is 3.29. The van der Waals surface area contributed by atoms with Gasteiger partial charge in [0.05, 0.1) is 18.6 Å². The molecule has 1 aliphatic heterocycles. The summed E-state index contributed by atoms with van der Waals surface area (Å²) < 4.78 is 11.3. The SMILES string of the molecule is COc1cc(C=C2SC(=O)N(CC(=O)c3ccc(Cl)cc3)C2=O)ccc1OCc1ccccc1. The van der Waals surface area contributed by atoms with E-state index in [0.29, 0.717) is 34.3 Å². The molecule has 0 aliphatic carbocycles. The summed E-state index contributed by atoms with van der Waals surface area (Å²) in [5, 5.41) is 0.00547. The number of imide groups is 1. The molecule has 4 rings (SSSR count). The summed E-state index contributed by atoms with van der Waals surface area (Å²) in [5.41, 5.74) is 2.07. The number of halogens is 1. The van der Waals surface area contributed by atoms with Gasteiger partial charge in [0.15, 0.2) is 17.3 Å². The molecule has 1 saturated heterocycles. The number of ether oxygens (including phenoxy) is 2. The fraction of sp³-hybridized carbons (Fsp3) is 0.115. The molecule has 3 aromatic carbocycles. The van der Waals surface area contributed by atoms with Crippen LogP contribution < -0.4 is 9.47 Å². The van der Waals surface area contributed by atoms with Crippen LogP contribution in [0.3, 0.4) is 0 Å². The summed E-state index contributed by atoms with van der Waals surface area (Å²) in [6, 6.07) is 21.3. The number of ketones is 1. The first-order valence-corrected chi connectivity index (χ1v) is 11.5. The highest BCUT2D eigenvalue weighted by Gasteiger charge is 2.36. The molecule has 0 aromatic heterocycles. The van der Waals surface area contributed by atoms with E-state index in [0.717, 1.165) is 22.2 Å². The van der Waals surface area contributed by atoms with Crippen molar-refractivity contribution in [1.29, 1.82) is 0 Å². The minimum Gasteiger partial charge on any atom is -0.493 e. The summed E-state index contributed by atoms with van der Waals surface area (Å²) in [7, 11) is 1.53. The fourth-order valence-corrected chi connectivity index (χ4v) is 4.25. The summed E-state index contributed by atoms with van der Waals surface area (Å²) in [6.45, 7) is 0.0519. The van der Waals surface area contributed by atoms with Crippen LogP contribution in [0.2, 0.25) is 5.02 Å². The van der Waals surface area contributed by atoms with Crippen molar-refractivity contribution in [2.75, 3.05) is 13.7 Å². The molecule has 0 radical (unpaired) electrons. The Bertz CT molecular complexity index is 1260. The number of thioether (sulfide) groups is 1. The Labute approximate surface area is 206 Å². The molecule has 6 nitrogen and oxygen atoms in total. The monoisotopic (exact) mass is 493 g/mol. The van der Waals surface area contributed by atoms with E-state index >= 15 is 0 Å².